The average molecular weight is 333 g/mol. The Labute approximate surface area is 139 Å². The molecule has 0 saturated carbocycles. The number of hydrogen-bond acceptors (Lipinski definition) is 3. The second kappa shape index (κ2) is 8.19. The van der Waals surface area contributed by atoms with E-state index in [0.29, 0.717) is 23.7 Å². The van der Waals surface area contributed by atoms with Gasteiger partial charge < -0.3 is 10.1 Å². The van der Waals surface area contributed by atoms with Crippen molar-refractivity contribution < 1.29 is 14.3 Å². The van der Waals surface area contributed by atoms with Gasteiger partial charge in [-0.05, 0) is 35.4 Å². The zero-order valence-electron chi connectivity index (χ0n) is 12.6. The predicted molar refractivity (Wildman–Crippen MR) is 89.5 cm³/mol. The van der Waals surface area contributed by atoms with E-state index < -0.39 is 6.09 Å². The van der Waals surface area contributed by atoms with Gasteiger partial charge in [0, 0.05) is 17.3 Å². The van der Waals surface area contributed by atoms with Crippen molar-refractivity contribution in [2.24, 2.45) is 0 Å². The summed E-state index contributed by atoms with van der Waals surface area (Å²) >= 11 is 5.81. The van der Waals surface area contributed by atoms with Crippen LogP contribution in [0.15, 0.2) is 48.5 Å². The fourth-order valence-corrected chi connectivity index (χ4v) is 2.05. The van der Waals surface area contributed by atoms with E-state index >= 15 is 0 Å². The molecule has 0 heterocycles. The van der Waals surface area contributed by atoms with Gasteiger partial charge >= 0.3 is 6.09 Å². The molecule has 0 aliphatic heterocycles. The summed E-state index contributed by atoms with van der Waals surface area (Å²) in [6, 6.07) is 14.3. The van der Waals surface area contributed by atoms with Crippen molar-refractivity contribution in [1.82, 2.24) is 5.32 Å². The zero-order valence-corrected chi connectivity index (χ0v) is 13.4. The molecule has 0 aliphatic carbocycles. The van der Waals surface area contributed by atoms with Crippen molar-refractivity contribution in [2.45, 2.75) is 13.0 Å². The number of carbonyl (C=O) groups is 2. The Morgan fingerprint density at radius 1 is 1.00 bits per heavy atom. The Hall–Kier alpha value is -2.53. The number of rotatable bonds is 5. The van der Waals surface area contributed by atoms with Crippen LogP contribution >= 0.6 is 11.6 Å². The smallest absolute Gasteiger partial charge is 0.411 e. The number of amides is 2. The van der Waals surface area contributed by atoms with E-state index in [1.165, 1.54) is 7.11 Å². The van der Waals surface area contributed by atoms with Crippen LogP contribution in [0.1, 0.15) is 11.1 Å². The molecule has 0 fully saturated rings. The van der Waals surface area contributed by atoms with Crippen LogP contribution in [0.2, 0.25) is 5.02 Å². The lowest BCUT2D eigenvalue weighted by molar-refractivity contribution is -0.120. The quantitative estimate of drug-likeness (QED) is 0.882. The van der Waals surface area contributed by atoms with E-state index in [9.17, 15) is 9.59 Å². The van der Waals surface area contributed by atoms with Gasteiger partial charge in [-0.3, -0.25) is 10.1 Å². The second-order valence-corrected chi connectivity index (χ2v) is 5.33. The van der Waals surface area contributed by atoms with Crippen LogP contribution in [0.4, 0.5) is 10.5 Å². The van der Waals surface area contributed by atoms with Crippen LogP contribution in [0.3, 0.4) is 0 Å². The lowest BCUT2D eigenvalue weighted by atomic mass is 10.1. The first-order valence-corrected chi connectivity index (χ1v) is 7.39. The number of benzene rings is 2. The first-order valence-electron chi connectivity index (χ1n) is 7.02. The number of methoxy groups -OCH3 is 1. The number of carbonyl (C=O) groups excluding carboxylic acids is 2. The van der Waals surface area contributed by atoms with Crippen molar-refractivity contribution in [3.63, 3.8) is 0 Å². The van der Waals surface area contributed by atoms with Gasteiger partial charge in [-0.2, -0.15) is 0 Å². The summed E-state index contributed by atoms with van der Waals surface area (Å²) in [5.74, 6) is -0.0657. The summed E-state index contributed by atoms with van der Waals surface area (Å²) in [6.45, 7) is 0.422. The maximum atomic E-state index is 11.9. The molecular weight excluding hydrogens is 316 g/mol. The van der Waals surface area contributed by atoms with Gasteiger partial charge in [-0.1, -0.05) is 35.9 Å². The normalized spacial score (nSPS) is 10.0. The Balaban J connectivity index is 1.82. The minimum absolute atomic E-state index is 0.0657. The van der Waals surface area contributed by atoms with Crippen molar-refractivity contribution in [3.05, 3.63) is 64.7 Å². The summed E-state index contributed by atoms with van der Waals surface area (Å²) in [4.78, 5) is 23.0. The Bertz CT molecular complexity index is 669. The third-order valence-electron chi connectivity index (χ3n) is 3.15. The van der Waals surface area contributed by atoms with E-state index in [2.05, 4.69) is 15.4 Å². The SMILES string of the molecule is COC(=O)Nc1ccc(CNC(=O)Cc2ccc(Cl)cc2)cc1. The molecule has 0 aromatic heterocycles. The highest BCUT2D eigenvalue weighted by atomic mass is 35.5. The summed E-state index contributed by atoms with van der Waals surface area (Å²) < 4.78 is 4.51. The van der Waals surface area contributed by atoms with Crippen molar-refractivity contribution in [2.75, 3.05) is 12.4 Å². The molecule has 0 aliphatic rings. The Morgan fingerprint density at radius 2 is 1.61 bits per heavy atom. The number of hydrogen-bond donors (Lipinski definition) is 2. The van der Waals surface area contributed by atoms with Gasteiger partial charge in [0.2, 0.25) is 5.91 Å². The summed E-state index contributed by atoms with van der Waals surface area (Å²) in [7, 11) is 1.31. The highest BCUT2D eigenvalue weighted by Crippen LogP contribution is 2.11. The molecule has 0 saturated heterocycles. The van der Waals surface area contributed by atoms with E-state index in [0.717, 1.165) is 11.1 Å². The number of ether oxygens (including phenoxy) is 1. The van der Waals surface area contributed by atoms with Gasteiger partial charge in [-0.25, -0.2) is 4.79 Å². The van der Waals surface area contributed by atoms with Crippen LogP contribution in [0.25, 0.3) is 0 Å². The molecule has 2 rings (SSSR count). The highest BCUT2D eigenvalue weighted by molar-refractivity contribution is 6.30. The molecule has 23 heavy (non-hydrogen) atoms. The first-order chi connectivity index (χ1) is 11.1. The topological polar surface area (TPSA) is 67.4 Å². The fourth-order valence-electron chi connectivity index (χ4n) is 1.93. The molecule has 120 valence electrons. The molecule has 0 bridgehead atoms. The lowest BCUT2D eigenvalue weighted by Crippen LogP contribution is -2.24. The van der Waals surface area contributed by atoms with Crippen molar-refractivity contribution in [3.8, 4) is 0 Å². The van der Waals surface area contributed by atoms with Gasteiger partial charge in [0.05, 0.1) is 13.5 Å². The molecular formula is C17H17ClN2O3. The standard InChI is InChI=1S/C17H17ClN2O3/c1-23-17(22)20-15-8-4-13(5-9-15)11-19-16(21)10-12-2-6-14(18)7-3-12/h2-9H,10-11H2,1H3,(H,19,21)(H,20,22). The number of nitrogens with one attached hydrogen (secondary N) is 2. The second-order valence-electron chi connectivity index (χ2n) is 4.89. The fraction of sp³-hybridized carbons (Fsp3) is 0.176. The molecule has 2 N–H and O–H groups in total. The minimum Gasteiger partial charge on any atom is -0.453 e. The average Bonchev–Trinajstić information content (AvgIpc) is 2.56. The maximum absolute atomic E-state index is 11.9. The third kappa shape index (κ3) is 5.64. The molecule has 0 radical (unpaired) electrons. The van der Waals surface area contributed by atoms with Crippen LogP contribution in [-0.4, -0.2) is 19.1 Å². The highest BCUT2D eigenvalue weighted by Gasteiger charge is 2.04. The first kappa shape index (κ1) is 16.8. The van der Waals surface area contributed by atoms with Crippen LogP contribution in [-0.2, 0) is 22.5 Å². The van der Waals surface area contributed by atoms with Gasteiger partial charge in [0.1, 0.15) is 0 Å². The predicted octanol–water partition coefficient (Wildman–Crippen LogP) is 3.38. The molecule has 6 heteroatoms. The van der Waals surface area contributed by atoms with E-state index in [-0.39, 0.29) is 5.91 Å². The van der Waals surface area contributed by atoms with Crippen molar-refractivity contribution >= 4 is 29.3 Å². The van der Waals surface area contributed by atoms with Gasteiger partial charge in [0.15, 0.2) is 0 Å². The van der Waals surface area contributed by atoms with E-state index in [4.69, 9.17) is 11.6 Å². The van der Waals surface area contributed by atoms with Gasteiger partial charge in [0.25, 0.3) is 0 Å². The monoisotopic (exact) mass is 332 g/mol. The molecule has 2 amide bonds. The molecule has 2 aromatic rings. The Kier molecular flexibility index (Phi) is 6.00. The lowest BCUT2D eigenvalue weighted by Gasteiger charge is -2.07. The van der Waals surface area contributed by atoms with E-state index in [1.807, 2.05) is 24.3 Å². The molecule has 0 atom stereocenters. The van der Waals surface area contributed by atoms with E-state index in [1.54, 1.807) is 24.3 Å². The molecule has 5 nitrogen and oxygen atoms in total. The summed E-state index contributed by atoms with van der Waals surface area (Å²) in [5.41, 5.74) is 2.47. The van der Waals surface area contributed by atoms with Gasteiger partial charge in [-0.15, -0.1) is 0 Å². The third-order valence-corrected chi connectivity index (χ3v) is 3.41. The minimum atomic E-state index is -0.519. The van der Waals surface area contributed by atoms with Crippen LogP contribution in [0, 0.1) is 0 Å². The van der Waals surface area contributed by atoms with Crippen molar-refractivity contribution in [1.29, 1.82) is 0 Å². The summed E-state index contributed by atoms with van der Waals surface area (Å²) in [6.07, 6.45) is -0.215. The molecule has 0 unspecified atom stereocenters. The largest absolute Gasteiger partial charge is 0.453 e. The molecule has 0 spiro atoms. The maximum Gasteiger partial charge on any atom is 0.411 e. The Morgan fingerprint density at radius 3 is 2.22 bits per heavy atom. The van der Waals surface area contributed by atoms with Crippen LogP contribution < -0.4 is 10.6 Å². The molecule has 2 aromatic carbocycles. The zero-order chi connectivity index (χ0) is 16.7. The number of anilines is 1. The number of halogens is 1. The summed E-state index contributed by atoms with van der Waals surface area (Å²) in [5, 5.41) is 6.06. The van der Waals surface area contributed by atoms with Crippen LogP contribution in [0.5, 0.6) is 0 Å².